The largest absolute Gasteiger partial charge is 0.351 e. The molecule has 1 aromatic heterocycles. The van der Waals surface area contributed by atoms with E-state index in [2.05, 4.69) is 37.9 Å². The van der Waals surface area contributed by atoms with Gasteiger partial charge in [0, 0.05) is 27.4 Å². The maximum Gasteiger partial charge on any atom is 0.222 e. The second-order valence-electron chi connectivity index (χ2n) is 3.13. The molecule has 1 aromatic rings. The summed E-state index contributed by atoms with van der Waals surface area (Å²) < 4.78 is 1.05. The van der Waals surface area contributed by atoms with Crippen LogP contribution in [0, 0.1) is 3.57 Å². The zero-order chi connectivity index (χ0) is 9.26. The monoisotopic (exact) mass is 309 g/mol. The van der Waals surface area contributed by atoms with Gasteiger partial charge >= 0.3 is 0 Å². The van der Waals surface area contributed by atoms with Crippen molar-refractivity contribution < 1.29 is 0 Å². The molecule has 0 atom stereocenters. The highest BCUT2D eigenvalue weighted by atomic mass is 127. The van der Waals surface area contributed by atoms with Crippen molar-refractivity contribution in [3.63, 3.8) is 0 Å². The Morgan fingerprint density at radius 3 is 2.54 bits per heavy atom. The number of alkyl halides is 1. The van der Waals surface area contributed by atoms with Gasteiger partial charge in [0.15, 0.2) is 0 Å². The summed E-state index contributed by atoms with van der Waals surface area (Å²) in [6.45, 7) is 0. The Kier molecular flexibility index (Phi) is 2.88. The molecular formula is C8H9ClIN3. The first-order chi connectivity index (χ1) is 6.24. The number of halogens is 2. The molecule has 0 unspecified atom stereocenters. The molecule has 2 rings (SSSR count). The third kappa shape index (κ3) is 2.43. The second kappa shape index (κ2) is 3.96. The van der Waals surface area contributed by atoms with E-state index in [1.54, 1.807) is 12.4 Å². The van der Waals surface area contributed by atoms with Crippen molar-refractivity contribution in [1.29, 1.82) is 0 Å². The van der Waals surface area contributed by atoms with Crippen LogP contribution in [0.5, 0.6) is 0 Å². The predicted molar refractivity (Wildman–Crippen MR) is 61.0 cm³/mol. The van der Waals surface area contributed by atoms with Gasteiger partial charge in [0.25, 0.3) is 0 Å². The van der Waals surface area contributed by atoms with Gasteiger partial charge in [-0.15, -0.1) is 11.6 Å². The van der Waals surface area contributed by atoms with Gasteiger partial charge < -0.3 is 5.32 Å². The summed E-state index contributed by atoms with van der Waals surface area (Å²) in [6.07, 6.45) is 5.62. The van der Waals surface area contributed by atoms with Gasteiger partial charge in [-0.3, -0.25) is 0 Å². The lowest BCUT2D eigenvalue weighted by Gasteiger charge is -2.31. The third-order valence-electron chi connectivity index (χ3n) is 2.03. The number of aromatic nitrogens is 2. The number of hydrogen-bond acceptors (Lipinski definition) is 3. The van der Waals surface area contributed by atoms with E-state index < -0.39 is 0 Å². The molecule has 13 heavy (non-hydrogen) atoms. The maximum atomic E-state index is 5.85. The molecule has 70 valence electrons. The Labute approximate surface area is 95.4 Å². The molecule has 0 spiro atoms. The van der Waals surface area contributed by atoms with Crippen LogP contribution in [0.4, 0.5) is 5.95 Å². The molecule has 0 saturated heterocycles. The normalized spacial score (nSPS) is 26.6. The molecule has 1 aliphatic rings. The summed E-state index contributed by atoms with van der Waals surface area (Å²) in [7, 11) is 0. The number of rotatable bonds is 2. The molecule has 0 bridgehead atoms. The Balaban J connectivity index is 1.91. The summed E-state index contributed by atoms with van der Waals surface area (Å²) in [5.74, 6) is 0.703. The molecule has 0 radical (unpaired) electrons. The fourth-order valence-corrected chi connectivity index (χ4v) is 1.94. The van der Waals surface area contributed by atoms with E-state index in [9.17, 15) is 0 Å². The molecule has 5 heteroatoms. The van der Waals surface area contributed by atoms with Crippen LogP contribution in [0.15, 0.2) is 12.4 Å². The van der Waals surface area contributed by atoms with E-state index in [1.165, 1.54) is 0 Å². The van der Waals surface area contributed by atoms with Crippen molar-refractivity contribution in [2.75, 3.05) is 5.32 Å². The average molecular weight is 310 g/mol. The first-order valence-electron chi connectivity index (χ1n) is 4.12. The van der Waals surface area contributed by atoms with Crippen molar-refractivity contribution in [3.05, 3.63) is 16.0 Å². The smallest absolute Gasteiger partial charge is 0.222 e. The Hall–Kier alpha value is -0.100. The lowest BCUT2D eigenvalue weighted by atomic mass is 9.93. The number of nitrogens with zero attached hydrogens (tertiary/aromatic N) is 2. The Morgan fingerprint density at radius 1 is 1.38 bits per heavy atom. The van der Waals surface area contributed by atoms with Gasteiger partial charge in [-0.2, -0.15) is 0 Å². The molecule has 1 saturated carbocycles. The highest BCUT2D eigenvalue weighted by Gasteiger charge is 2.27. The summed E-state index contributed by atoms with van der Waals surface area (Å²) >= 11 is 8.04. The first kappa shape index (κ1) is 9.45. The van der Waals surface area contributed by atoms with Crippen molar-refractivity contribution in [2.45, 2.75) is 24.3 Å². The van der Waals surface area contributed by atoms with Crippen molar-refractivity contribution in [1.82, 2.24) is 9.97 Å². The lowest BCUT2D eigenvalue weighted by molar-refractivity contribution is 0.452. The maximum absolute atomic E-state index is 5.85. The van der Waals surface area contributed by atoms with Crippen LogP contribution in [0.3, 0.4) is 0 Å². The minimum atomic E-state index is 0.335. The van der Waals surface area contributed by atoms with Gasteiger partial charge in [0.2, 0.25) is 5.95 Å². The van der Waals surface area contributed by atoms with Gasteiger partial charge in [-0.1, -0.05) is 0 Å². The molecule has 1 heterocycles. The summed E-state index contributed by atoms with van der Waals surface area (Å²) in [5, 5.41) is 3.56. The van der Waals surface area contributed by atoms with Crippen molar-refractivity contribution >= 4 is 40.1 Å². The molecular weight excluding hydrogens is 300 g/mol. The summed E-state index contributed by atoms with van der Waals surface area (Å²) in [5.41, 5.74) is 0. The fraction of sp³-hybridized carbons (Fsp3) is 0.500. The number of anilines is 1. The minimum absolute atomic E-state index is 0.335. The van der Waals surface area contributed by atoms with Crippen LogP contribution in [-0.4, -0.2) is 21.4 Å². The lowest BCUT2D eigenvalue weighted by Crippen LogP contribution is -2.36. The second-order valence-corrected chi connectivity index (χ2v) is 5.00. The average Bonchev–Trinajstić information content (AvgIpc) is 2.06. The van der Waals surface area contributed by atoms with E-state index in [0.717, 1.165) is 16.4 Å². The molecule has 0 aromatic carbocycles. The quantitative estimate of drug-likeness (QED) is 0.673. The SMILES string of the molecule is ClC1CC(Nc2ncc(I)cn2)C1. The fourth-order valence-electron chi connectivity index (χ4n) is 1.24. The van der Waals surface area contributed by atoms with E-state index in [1.807, 2.05) is 0 Å². The van der Waals surface area contributed by atoms with Crippen LogP contribution < -0.4 is 5.32 Å². The highest BCUT2D eigenvalue weighted by Crippen LogP contribution is 2.27. The molecule has 1 fully saturated rings. The number of hydrogen-bond donors (Lipinski definition) is 1. The van der Waals surface area contributed by atoms with E-state index in [0.29, 0.717) is 17.4 Å². The van der Waals surface area contributed by atoms with E-state index in [4.69, 9.17) is 11.6 Å². The summed E-state index contributed by atoms with van der Waals surface area (Å²) in [6, 6.07) is 0.461. The number of nitrogens with one attached hydrogen (secondary N) is 1. The zero-order valence-electron chi connectivity index (χ0n) is 6.87. The predicted octanol–water partition coefficient (Wildman–Crippen LogP) is 2.26. The third-order valence-corrected chi connectivity index (χ3v) is 2.95. The van der Waals surface area contributed by atoms with Gasteiger partial charge in [-0.25, -0.2) is 9.97 Å². The van der Waals surface area contributed by atoms with Crippen LogP contribution in [-0.2, 0) is 0 Å². The molecule has 0 aliphatic heterocycles. The topological polar surface area (TPSA) is 37.8 Å². The van der Waals surface area contributed by atoms with Crippen molar-refractivity contribution in [2.24, 2.45) is 0 Å². The zero-order valence-corrected chi connectivity index (χ0v) is 9.79. The molecule has 1 N–H and O–H groups in total. The van der Waals surface area contributed by atoms with Crippen LogP contribution >= 0.6 is 34.2 Å². The molecule has 1 aliphatic carbocycles. The van der Waals surface area contributed by atoms with Gasteiger partial charge in [0.05, 0.1) is 0 Å². The minimum Gasteiger partial charge on any atom is -0.351 e. The van der Waals surface area contributed by atoms with E-state index >= 15 is 0 Å². The van der Waals surface area contributed by atoms with E-state index in [-0.39, 0.29) is 0 Å². The van der Waals surface area contributed by atoms with Gasteiger partial charge in [0.1, 0.15) is 0 Å². The highest BCUT2D eigenvalue weighted by molar-refractivity contribution is 14.1. The first-order valence-corrected chi connectivity index (χ1v) is 5.64. The van der Waals surface area contributed by atoms with Crippen LogP contribution in [0.2, 0.25) is 0 Å². The molecule has 0 amide bonds. The van der Waals surface area contributed by atoms with Crippen molar-refractivity contribution in [3.8, 4) is 0 Å². The van der Waals surface area contributed by atoms with Gasteiger partial charge in [-0.05, 0) is 35.4 Å². The van der Waals surface area contributed by atoms with Crippen LogP contribution in [0.1, 0.15) is 12.8 Å². The van der Waals surface area contributed by atoms with Crippen LogP contribution in [0.25, 0.3) is 0 Å². The standard InChI is InChI=1S/C8H9ClIN3/c9-5-1-7(2-5)13-8-11-3-6(10)4-12-8/h3-5,7H,1-2H2,(H,11,12,13). The Morgan fingerprint density at radius 2 is 2.00 bits per heavy atom. The Bertz CT molecular complexity index is 284. The summed E-state index contributed by atoms with van der Waals surface area (Å²) in [4.78, 5) is 8.30. The molecule has 3 nitrogen and oxygen atoms in total.